The molecule has 44 heavy (non-hydrogen) atoms. The molecule has 9 nitrogen and oxygen atoms in total. The predicted molar refractivity (Wildman–Crippen MR) is 175 cm³/mol. The Kier molecular flexibility index (Phi) is 12.2. The molecule has 1 aromatic heterocycles. The van der Waals surface area contributed by atoms with Crippen molar-refractivity contribution in [3.05, 3.63) is 71.4 Å². The SMILES string of the molecule is COC(=O)[C@H](CO)NC(=O)[C@H](Cc1c(C#C[Si](C(C)C)(C(C)C)C(C)C)[nH]c2ccccc12)NC(=O)OCc1ccccc1. The zero-order valence-electron chi connectivity index (χ0n) is 26.7. The van der Waals surface area contributed by atoms with Crippen LogP contribution in [0.25, 0.3) is 10.9 Å². The Hall–Kier alpha value is -4.07. The van der Waals surface area contributed by atoms with Crippen molar-refractivity contribution in [2.24, 2.45) is 0 Å². The number of aromatic amines is 1. The molecular weight excluding hydrogens is 574 g/mol. The molecule has 0 aliphatic heterocycles. The fourth-order valence-electron chi connectivity index (χ4n) is 6.04. The van der Waals surface area contributed by atoms with Gasteiger partial charge in [-0.05, 0) is 33.8 Å². The van der Waals surface area contributed by atoms with E-state index < -0.39 is 44.7 Å². The number of aromatic nitrogens is 1. The first-order chi connectivity index (χ1) is 20.9. The van der Waals surface area contributed by atoms with Gasteiger partial charge in [-0.3, -0.25) is 4.79 Å². The Balaban J connectivity index is 2.03. The minimum Gasteiger partial charge on any atom is -0.467 e. The number of carbonyl (C=O) groups excluding carboxylic acids is 3. The highest BCUT2D eigenvalue weighted by atomic mass is 28.3. The Labute approximate surface area is 261 Å². The summed E-state index contributed by atoms with van der Waals surface area (Å²) in [5.74, 6) is 2.00. The highest BCUT2D eigenvalue weighted by Crippen LogP contribution is 2.41. The average Bonchev–Trinajstić information content (AvgIpc) is 3.35. The van der Waals surface area contributed by atoms with Crippen molar-refractivity contribution >= 4 is 36.9 Å². The lowest BCUT2D eigenvalue weighted by atomic mass is 10.0. The number of aliphatic hydroxyl groups excluding tert-OH is 1. The number of carbonyl (C=O) groups is 3. The summed E-state index contributed by atoms with van der Waals surface area (Å²) >= 11 is 0. The monoisotopic (exact) mass is 619 g/mol. The van der Waals surface area contributed by atoms with Crippen LogP contribution in [0.1, 0.15) is 58.4 Å². The molecule has 2 atom stereocenters. The van der Waals surface area contributed by atoms with Crippen molar-refractivity contribution < 1.29 is 29.0 Å². The van der Waals surface area contributed by atoms with E-state index in [0.29, 0.717) is 22.3 Å². The van der Waals surface area contributed by atoms with Crippen LogP contribution in [0.2, 0.25) is 16.6 Å². The van der Waals surface area contributed by atoms with Crippen molar-refractivity contribution in [3.63, 3.8) is 0 Å². The van der Waals surface area contributed by atoms with Crippen molar-refractivity contribution in [2.75, 3.05) is 13.7 Å². The number of hydrogen-bond donors (Lipinski definition) is 4. The van der Waals surface area contributed by atoms with E-state index in [-0.39, 0.29) is 13.0 Å². The summed E-state index contributed by atoms with van der Waals surface area (Å²) in [6.07, 6.45) is -0.745. The summed E-state index contributed by atoms with van der Waals surface area (Å²) in [6, 6.07) is 14.4. The Morgan fingerprint density at radius 1 is 0.886 bits per heavy atom. The van der Waals surface area contributed by atoms with Crippen molar-refractivity contribution in [1.29, 1.82) is 0 Å². The minimum absolute atomic E-state index is 0.0125. The van der Waals surface area contributed by atoms with Crippen molar-refractivity contribution in [1.82, 2.24) is 15.6 Å². The number of nitrogens with one attached hydrogen (secondary N) is 3. The van der Waals surface area contributed by atoms with Gasteiger partial charge in [0.25, 0.3) is 0 Å². The van der Waals surface area contributed by atoms with Crippen LogP contribution >= 0.6 is 0 Å². The molecule has 0 saturated carbocycles. The molecule has 0 fully saturated rings. The second kappa shape index (κ2) is 15.6. The molecule has 3 rings (SSSR count). The topological polar surface area (TPSA) is 130 Å². The van der Waals surface area contributed by atoms with Crippen LogP contribution in [0.15, 0.2) is 54.6 Å². The lowest BCUT2D eigenvalue weighted by Crippen LogP contribution is -2.53. The lowest BCUT2D eigenvalue weighted by molar-refractivity contribution is -0.146. The van der Waals surface area contributed by atoms with Crippen molar-refractivity contribution in [3.8, 4) is 11.5 Å². The molecule has 236 valence electrons. The van der Waals surface area contributed by atoms with Gasteiger partial charge < -0.3 is 30.2 Å². The Morgan fingerprint density at radius 3 is 2.09 bits per heavy atom. The second-order valence-electron chi connectivity index (χ2n) is 11.9. The van der Waals surface area contributed by atoms with Gasteiger partial charge in [0.1, 0.15) is 20.7 Å². The van der Waals surface area contributed by atoms with Gasteiger partial charge in [0.2, 0.25) is 5.91 Å². The van der Waals surface area contributed by atoms with Crippen LogP contribution in [0, 0.1) is 11.5 Å². The first kappa shape index (κ1) is 34.4. The molecule has 0 spiro atoms. The molecule has 4 N–H and O–H groups in total. The largest absolute Gasteiger partial charge is 0.467 e. The molecule has 10 heteroatoms. The van der Waals surface area contributed by atoms with Crippen LogP contribution in [0.4, 0.5) is 4.79 Å². The first-order valence-electron chi connectivity index (χ1n) is 15.0. The number of ether oxygens (including phenoxy) is 2. The molecule has 2 amide bonds. The summed E-state index contributed by atoms with van der Waals surface area (Å²) in [7, 11) is -0.920. The standard InChI is InChI=1S/C34H45N3O6Si/c1-22(2)44(23(3)4,24(5)6)18-17-29-27(26-15-11-12-16-28(26)35-29)19-30(32(39)36-31(20-38)33(40)42-7)37-34(41)43-21-25-13-9-8-10-14-25/h8-16,22-24,30-31,35,38H,19-21H2,1-7H3,(H,36,39)(H,37,41)/t30-,31-/m0/s1. The molecule has 0 aliphatic carbocycles. The number of esters is 1. The number of benzene rings is 2. The summed E-state index contributed by atoms with van der Waals surface area (Å²) in [5, 5.41) is 15.8. The summed E-state index contributed by atoms with van der Waals surface area (Å²) < 4.78 is 10.1. The number of amides is 2. The molecular formula is C34H45N3O6Si. The van der Waals surface area contributed by atoms with Crippen LogP contribution < -0.4 is 10.6 Å². The molecule has 0 bridgehead atoms. The second-order valence-corrected chi connectivity index (χ2v) is 17.5. The number of methoxy groups -OCH3 is 1. The zero-order chi connectivity index (χ0) is 32.4. The maximum absolute atomic E-state index is 13.6. The molecule has 3 aromatic rings. The van der Waals surface area contributed by atoms with E-state index in [9.17, 15) is 19.5 Å². The number of H-pyrrole nitrogens is 1. The van der Waals surface area contributed by atoms with Crippen LogP contribution in [0.3, 0.4) is 0 Å². The van der Waals surface area contributed by atoms with Crippen LogP contribution in [-0.4, -0.2) is 61.9 Å². The van der Waals surface area contributed by atoms with Gasteiger partial charge in [0, 0.05) is 17.3 Å². The fourth-order valence-corrected chi connectivity index (χ4v) is 11.2. The lowest BCUT2D eigenvalue weighted by Gasteiger charge is -2.38. The normalized spacial score (nSPS) is 12.9. The summed E-state index contributed by atoms with van der Waals surface area (Å²) in [5.41, 5.74) is 8.10. The Morgan fingerprint density at radius 2 is 1.50 bits per heavy atom. The summed E-state index contributed by atoms with van der Waals surface area (Å²) in [4.78, 5) is 42.1. The fraction of sp³-hybridized carbons (Fsp3) is 0.441. The number of rotatable bonds is 12. The third-order valence-electron chi connectivity index (χ3n) is 8.30. The van der Waals surface area contributed by atoms with E-state index in [1.807, 2.05) is 54.6 Å². The number of fused-ring (bicyclic) bond motifs is 1. The molecule has 0 saturated heterocycles. The van der Waals surface area contributed by atoms with Gasteiger partial charge in [0.15, 0.2) is 6.04 Å². The molecule has 2 aromatic carbocycles. The maximum atomic E-state index is 13.6. The Bertz CT molecular complexity index is 1470. The first-order valence-corrected chi connectivity index (χ1v) is 17.3. The number of hydrogen-bond acceptors (Lipinski definition) is 6. The van der Waals surface area contributed by atoms with E-state index in [4.69, 9.17) is 9.47 Å². The quantitative estimate of drug-likeness (QED) is 0.125. The van der Waals surface area contributed by atoms with Gasteiger partial charge in [-0.2, -0.15) is 0 Å². The number of para-hydroxylation sites is 1. The van der Waals surface area contributed by atoms with E-state index in [1.165, 1.54) is 7.11 Å². The van der Waals surface area contributed by atoms with E-state index in [1.54, 1.807) is 0 Å². The average molecular weight is 620 g/mol. The van der Waals surface area contributed by atoms with E-state index in [2.05, 4.69) is 68.6 Å². The zero-order valence-corrected chi connectivity index (χ0v) is 27.7. The maximum Gasteiger partial charge on any atom is 0.408 e. The smallest absolute Gasteiger partial charge is 0.408 e. The van der Waals surface area contributed by atoms with Gasteiger partial charge in [-0.1, -0.05) is 96.0 Å². The highest BCUT2D eigenvalue weighted by molar-refractivity contribution is 6.90. The van der Waals surface area contributed by atoms with Crippen LogP contribution in [-0.2, 0) is 32.1 Å². The number of alkyl carbamates (subject to hydrolysis) is 1. The molecule has 1 heterocycles. The predicted octanol–water partition coefficient (Wildman–Crippen LogP) is 5.23. The van der Waals surface area contributed by atoms with Gasteiger partial charge in [-0.15, -0.1) is 5.54 Å². The molecule has 0 radical (unpaired) electrons. The number of aliphatic hydroxyl groups is 1. The summed E-state index contributed by atoms with van der Waals surface area (Å²) in [6.45, 7) is 12.8. The minimum atomic E-state index is -2.09. The van der Waals surface area contributed by atoms with Gasteiger partial charge in [-0.25, -0.2) is 9.59 Å². The van der Waals surface area contributed by atoms with Gasteiger partial charge in [0.05, 0.1) is 19.4 Å². The molecule has 0 aliphatic rings. The van der Waals surface area contributed by atoms with E-state index >= 15 is 0 Å². The molecule has 0 unspecified atom stereocenters. The van der Waals surface area contributed by atoms with E-state index in [0.717, 1.165) is 22.0 Å². The third-order valence-corrected chi connectivity index (χ3v) is 14.6. The highest BCUT2D eigenvalue weighted by Gasteiger charge is 2.42. The van der Waals surface area contributed by atoms with Crippen LogP contribution in [0.5, 0.6) is 0 Å². The van der Waals surface area contributed by atoms with Crippen molar-refractivity contribution in [2.45, 2.75) is 83.3 Å². The van der Waals surface area contributed by atoms with Gasteiger partial charge >= 0.3 is 12.1 Å². The third kappa shape index (κ3) is 8.10.